The van der Waals surface area contributed by atoms with Crippen LogP contribution in [-0.2, 0) is 0 Å². The molecule has 0 spiro atoms. The van der Waals surface area contributed by atoms with Gasteiger partial charge in [0.1, 0.15) is 0 Å². The summed E-state index contributed by atoms with van der Waals surface area (Å²) in [5.41, 5.74) is 0. The molecule has 0 N–H and O–H groups in total. The molecule has 2 atom stereocenters. The molecule has 14 heavy (non-hydrogen) atoms. The monoisotopic (exact) mass is 226 g/mol. The highest BCUT2D eigenvalue weighted by Gasteiger charge is 2.75. The maximum absolute atomic E-state index is 2.63. The quantitative estimate of drug-likeness (QED) is 0.613. The lowest BCUT2D eigenvalue weighted by molar-refractivity contribution is 0.681. The minimum Gasteiger partial charge on any atom is -0.0693 e. The van der Waals surface area contributed by atoms with E-state index in [1.165, 1.54) is 18.3 Å². The lowest BCUT2D eigenvalue weighted by Crippen LogP contribution is -2.48. The average Bonchev–Trinajstić information content (AvgIpc) is 2.38. The van der Waals surface area contributed by atoms with Crippen molar-refractivity contribution < 1.29 is 0 Å². The predicted octanol–water partition coefficient (Wildman–Crippen LogP) is 4.37. The molecule has 0 bridgehead atoms. The Bertz CT molecular complexity index is 218. The maximum atomic E-state index is 2.63. The molecule has 0 aromatic heterocycles. The van der Waals surface area contributed by atoms with Crippen molar-refractivity contribution >= 4 is 16.1 Å². The molecule has 0 aromatic rings. The van der Waals surface area contributed by atoms with Crippen molar-refractivity contribution in [3.05, 3.63) is 0 Å². The van der Waals surface area contributed by atoms with Crippen molar-refractivity contribution in [3.63, 3.8) is 0 Å². The minimum absolute atomic E-state index is 0.915. The fraction of sp³-hybridized carbons (Fsp3) is 1.00. The Morgan fingerprint density at radius 1 is 0.786 bits per heavy atom. The van der Waals surface area contributed by atoms with Crippen molar-refractivity contribution in [2.75, 3.05) is 0 Å². The largest absolute Gasteiger partial charge is 0.0693 e. The summed E-state index contributed by atoms with van der Waals surface area (Å²) in [5.74, 6) is 2.33. The van der Waals surface area contributed by atoms with Crippen LogP contribution in [0.25, 0.3) is 0 Å². The molecule has 2 aliphatic rings. The van der Waals surface area contributed by atoms with E-state index in [0.717, 1.165) is 4.66 Å². The molecule has 2 fully saturated rings. The van der Waals surface area contributed by atoms with Gasteiger partial charge in [0.25, 0.3) is 0 Å². The van der Waals surface area contributed by atoms with Crippen LogP contribution in [0.1, 0.15) is 19.3 Å². The lowest BCUT2D eigenvalue weighted by Gasteiger charge is -2.42. The maximum Gasteiger partial charge on any atom is 0.0485 e. The van der Waals surface area contributed by atoms with Gasteiger partial charge in [-0.3, -0.25) is 0 Å². The van der Waals surface area contributed by atoms with E-state index >= 15 is 0 Å². The molecule has 2 unspecified atom stereocenters. The van der Waals surface area contributed by atoms with E-state index in [4.69, 9.17) is 0 Å². The van der Waals surface area contributed by atoms with Gasteiger partial charge in [-0.2, -0.15) is 0 Å². The SMILES string of the molecule is C[Si](C)(C)C1([Si](C)(C)C)C2CCCC21. The standard InChI is InChI=1S/C12H26Si2/c1-13(2,3)12(14(4,5)6)10-8-7-9-11(10)12/h10-11H,7-9H2,1-6H3. The topological polar surface area (TPSA) is 0 Å². The summed E-state index contributed by atoms with van der Waals surface area (Å²) in [7, 11) is -1.89. The molecule has 0 nitrogen and oxygen atoms in total. The van der Waals surface area contributed by atoms with Gasteiger partial charge in [0.15, 0.2) is 0 Å². The molecule has 0 aliphatic heterocycles. The van der Waals surface area contributed by atoms with E-state index in [9.17, 15) is 0 Å². The van der Waals surface area contributed by atoms with Crippen LogP contribution in [0.3, 0.4) is 0 Å². The van der Waals surface area contributed by atoms with Crippen LogP contribution in [0, 0.1) is 11.8 Å². The van der Waals surface area contributed by atoms with Crippen LogP contribution >= 0.6 is 0 Å². The van der Waals surface area contributed by atoms with Crippen molar-refractivity contribution in [2.45, 2.75) is 63.2 Å². The molecule has 82 valence electrons. The zero-order chi connectivity index (χ0) is 10.8. The number of hydrogen-bond donors (Lipinski definition) is 0. The minimum atomic E-state index is -0.943. The first-order valence-corrected chi connectivity index (χ1v) is 13.2. The zero-order valence-electron chi connectivity index (χ0n) is 10.8. The first-order chi connectivity index (χ1) is 6.23. The Balaban J connectivity index is 2.35. The molecule has 0 radical (unpaired) electrons. The van der Waals surface area contributed by atoms with Gasteiger partial charge in [-0.1, -0.05) is 58.5 Å². The van der Waals surface area contributed by atoms with Crippen molar-refractivity contribution in [1.82, 2.24) is 0 Å². The van der Waals surface area contributed by atoms with Gasteiger partial charge in [-0.05, 0) is 16.5 Å². The molecule has 2 rings (SSSR count). The Morgan fingerprint density at radius 2 is 1.14 bits per heavy atom. The van der Waals surface area contributed by atoms with Crippen LogP contribution in [0.5, 0.6) is 0 Å². The highest BCUT2D eigenvalue weighted by molar-refractivity contribution is 7.00. The molecule has 2 heteroatoms. The van der Waals surface area contributed by atoms with E-state index in [1.54, 1.807) is 12.8 Å². The van der Waals surface area contributed by atoms with E-state index in [-0.39, 0.29) is 0 Å². The zero-order valence-corrected chi connectivity index (χ0v) is 12.8. The molecule has 0 amide bonds. The third-order valence-corrected chi connectivity index (χ3v) is 16.0. The molecule has 0 aromatic carbocycles. The molecule has 0 heterocycles. The highest BCUT2D eigenvalue weighted by atomic mass is 28.4. The van der Waals surface area contributed by atoms with Gasteiger partial charge in [0, 0.05) is 16.1 Å². The summed E-state index contributed by atoms with van der Waals surface area (Å²) in [6.45, 7) is 15.8. The summed E-state index contributed by atoms with van der Waals surface area (Å²) in [6.07, 6.45) is 4.67. The van der Waals surface area contributed by atoms with Crippen LogP contribution in [0.15, 0.2) is 0 Å². The number of hydrogen-bond acceptors (Lipinski definition) is 0. The predicted molar refractivity (Wildman–Crippen MR) is 70.2 cm³/mol. The Labute approximate surface area is 91.5 Å². The fourth-order valence-corrected chi connectivity index (χ4v) is 20.0. The van der Waals surface area contributed by atoms with Gasteiger partial charge < -0.3 is 0 Å². The van der Waals surface area contributed by atoms with E-state index in [1.807, 2.05) is 0 Å². The Hall–Kier alpha value is 0.434. The second-order valence-corrected chi connectivity index (χ2v) is 18.7. The van der Waals surface area contributed by atoms with Gasteiger partial charge in [0.05, 0.1) is 0 Å². The number of fused-ring (bicyclic) bond motifs is 1. The first-order valence-electron chi connectivity index (χ1n) is 6.23. The average molecular weight is 227 g/mol. The van der Waals surface area contributed by atoms with Crippen molar-refractivity contribution in [1.29, 1.82) is 0 Å². The highest BCUT2D eigenvalue weighted by Crippen LogP contribution is 2.80. The second kappa shape index (κ2) is 2.76. The number of rotatable bonds is 2. The molecule has 0 saturated heterocycles. The van der Waals surface area contributed by atoms with Crippen LogP contribution in [0.4, 0.5) is 0 Å². The smallest absolute Gasteiger partial charge is 0.0485 e. The second-order valence-electron chi connectivity index (χ2n) is 7.51. The van der Waals surface area contributed by atoms with E-state index in [2.05, 4.69) is 39.3 Å². The van der Waals surface area contributed by atoms with Gasteiger partial charge >= 0.3 is 0 Å². The third-order valence-electron chi connectivity index (χ3n) is 5.06. The van der Waals surface area contributed by atoms with E-state index < -0.39 is 16.1 Å². The van der Waals surface area contributed by atoms with Crippen molar-refractivity contribution in [2.24, 2.45) is 11.8 Å². The molecule has 2 aliphatic carbocycles. The third kappa shape index (κ3) is 1.10. The van der Waals surface area contributed by atoms with Crippen molar-refractivity contribution in [3.8, 4) is 0 Å². The lowest BCUT2D eigenvalue weighted by atomic mass is 10.2. The summed E-state index contributed by atoms with van der Waals surface area (Å²) in [4.78, 5) is 0. The summed E-state index contributed by atoms with van der Waals surface area (Å²) in [5, 5.41) is 0. The summed E-state index contributed by atoms with van der Waals surface area (Å²) in [6, 6.07) is 0. The van der Waals surface area contributed by atoms with Crippen LogP contribution in [0.2, 0.25) is 43.9 Å². The fourth-order valence-electron chi connectivity index (χ4n) is 5.30. The first kappa shape index (κ1) is 10.9. The van der Waals surface area contributed by atoms with Gasteiger partial charge in [0.2, 0.25) is 0 Å². The van der Waals surface area contributed by atoms with Crippen LogP contribution < -0.4 is 0 Å². The molecular weight excluding hydrogens is 200 g/mol. The van der Waals surface area contributed by atoms with Gasteiger partial charge in [-0.15, -0.1) is 0 Å². The Morgan fingerprint density at radius 3 is 1.36 bits per heavy atom. The molecular formula is C12H26Si2. The van der Waals surface area contributed by atoms with Crippen LogP contribution in [-0.4, -0.2) is 16.1 Å². The van der Waals surface area contributed by atoms with E-state index in [0.29, 0.717) is 0 Å². The normalized spacial score (nSPS) is 35.6. The summed E-state index contributed by atoms with van der Waals surface area (Å²) >= 11 is 0. The molecule has 2 saturated carbocycles. The Kier molecular flexibility index (Phi) is 2.16. The summed E-state index contributed by atoms with van der Waals surface area (Å²) < 4.78 is 0.915. The van der Waals surface area contributed by atoms with Gasteiger partial charge in [-0.25, -0.2) is 0 Å².